The van der Waals surface area contributed by atoms with Crippen LogP contribution in [0, 0.1) is 0 Å². The Morgan fingerprint density at radius 1 is 1.12 bits per heavy atom. The normalized spacial score (nSPS) is 13.2. The van der Waals surface area contributed by atoms with Gasteiger partial charge >= 0.3 is 0 Å². The highest BCUT2D eigenvalue weighted by atomic mass is 16.5. The Hall–Kier alpha value is -2.40. The monoisotopic (exact) mass is 329 g/mol. The predicted molar refractivity (Wildman–Crippen MR) is 91.5 cm³/mol. The van der Waals surface area contributed by atoms with Crippen molar-refractivity contribution in [3.05, 3.63) is 53.9 Å². The Labute approximate surface area is 142 Å². The summed E-state index contributed by atoms with van der Waals surface area (Å²) in [4.78, 5) is 16.6. The van der Waals surface area contributed by atoms with E-state index in [4.69, 9.17) is 9.47 Å². The van der Waals surface area contributed by atoms with Gasteiger partial charge in [-0.15, -0.1) is 0 Å². The molecule has 0 radical (unpaired) electrons. The molecule has 128 valence electrons. The number of ketones is 1. The minimum absolute atomic E-state index is 0.0505. The summed E-state index contributed by atoms with van der Waals surface area (Å²) >= 11 is 0. The van der Waals surface area contributed by atoms with E-state index in [0.29, 0.717) is 35.8 Å². The molecule has 5 nitrogen and oxygen atoms in total. The number of pyridine rings is 1. The molecule has 0 spiro atoms. The minimum atomic E-state index is -1.28. The molecule has 0 saturated carbocycles. The molecule has 0 fully saturated rings. The van der Waals surface area contributed by atoms with Gasteiger partial charge in [-0.3, -0.25) is 9.78 Å². The van der Waals surface area contributed by atoms with Gasteiger partial charge in [0.1, 0.15) is 11.5 Å². The molecule has 0 aliphatic heterocycles. The molecular formula is C19H23NO4. The van der Waals surface area contributed by atoms with E-state index in [9.17, 15) is 9.90 Å². The van der Waals surface area contributed by atoms with E-state index < -0.39 is 5.60 Å². The van der Waals surface area contributed by atoms with Crippen LogP contribution in [0.25, 0.3) is 0 Å². The van der Waals surface area contributed by atoms with Gasteiger partial charge < -0.3 is 14.6 Å². The molecule has 1 atom stereocenters. The molecule has 1 heterocycles. The molecule has 0 bridgehead atoms. The van der Waals surface area contributed by atoms with E-state index in [2.05, 4.69) is 4.98 Å². The second-order valence-electron chi connectivity index (χ2n) is 5.63. The van der Waals surface area contributed by atoms with Gasteiger partial charge in [0.25, 0.3) is 0 Å². The molecule has 0 aliphatic carbocycles. The number of Topliss-reactive ketones (excluding diaryl/α,β-unsaturated/α-hetero) is 1. The third-order valence-corrected chi connectivity index (χ3v) is 3.67. The average Bonchev–Trinajstić information content (AvgIpc) is 2.56. The first-order valence-electron chi connectivity index (χ1n) is 8.03. The van der Waals surface area contributed by atoms with Crippen molar-refractivity contribution in [2.24, 2.45) is 0 Å². The highest BCUT2D eigenvalue weighted by Gasteiger charge is 2.28. The third kappa shape index (κ3) is 4.32. The number of aromatic nitrogens is 1. The molecule has 2 aromatic rings. The first-order valence-corrected chi connectivity index (χ1v) is 8.03. The number of nitrogens with zero attached hydrogens (tertiary/aromatic N) is 1. The maximum absolute atomic E-state index is 12.7. The summed E-state index contributed by atoms with van der Waals surface area (Å²) in [6, 6.07) is 8.53. The van der Waals surface area contributed by atoms with E-state index >= 15 is 0 Å². The standard InChI is InChI=1S/C19H23NO4/c1-4-23-15-6-7-16(18(12-15)24-5-2)17(21)13-19(3,22)14-8-10-20-11-9-14/h6-12,22H,4-5,13H2,1-3H3. The van der Waals surface area contributed by atoms with Gasteiger partial charge in [-0.1, -0.05) is 0 Å². The molecule has 0 aliphatic rings. The van der Waals surface area contributed by atoms with Crippen molar-refractivity contribution >= 4 is 5.78 Å². The van der Waals surface area contributed by atoms with E-state index in [0.717, 1.165) is 0 Å². The Morgan fingerprint density at radius 3 is 2.42 bits per heavy atom. The van der Waals surface area contributed by atoms with E-state index in [1.165, 1.54) is 0 Å². The van der Waals surface area contributed by atoms with Crippen LogP contribution in [0.15, 0.2) is 42.7 Å². The topological polar surface area (TPSA) is 68.7 Å². The minimum Gasteiger partial charge on any atom is -0.494 e. The lowest BCUT2D eigenvalue weighted by molar-refractivity contribution is 0.0429. The number of hydrogen-bond donors (Lipinski definition) is 1. The zero-order valence-electron chi connectivity index (χ0n) is 14.3. The number of benzene rings is 1. The van der Waals surface area contributed by atoms with Gasteiger partial charge in [0, 0.05) is 24.9 Å². The molecule has 5 heteroatoms. The molecule has 24 heavy (non-hydrogen) atoms. The van der Waals surface area contributed by atoms with Gasteiger partial charge in [0.2, 0.25) is 0 Å². The molecule has 1 aromatic carbocycles. The summed E-state index contributed by atoms with van der Waals surface area (Å²) < 4.78 is 11.0. The van der Waals surface area contributed by atoms with Crippen molar-refractivity contribution in [1.29, 1.82) is 0 Å². The smallest absolute Gasteiger partial charge is 0.169 e. The largest absolute Gasteiger partial charge is 0.494 e. The Balaban J connectivity index is 2.25. The summed E-state index contributed by atoms with van der Waals surface area (Å²) in [6.07, 6.45) is 3.14. The number of aliphatic hydroxyl groups is 1. The fraction of sp³-hybridized carbons (Fsp3) is 0.368. The Morgan fingerprint density at radius 2 is 1.79 bits per heavy atom. The van der Waals surface area contributed by atoms with Gasteiger partial charge in [0.05, 0.1) is 24.4 Å². The third-order valence-electron chi connectivity index (χ3n) is 3.67. The van der Waals surface area contributed by atoms with Gasteiger partial charge in [-0.25, -0.2) is 0 Å². The van der Waals surface area contributed by atoms with Crippen molar-refractivity contribution in [3.63, 3.8) is 0 Å². The number of carbonyl (C=O) groups is 1. The van der Waals surface area contributed by atoms with Gasteiger partial charge in [-0.2, -0.15) is 0 Å². The first-order chi connectivity index (χ1) is 11.5. The summed E-state index contributed by atoms with van der Waals surface area (Å²) in [6.45, 7) is 6.35. The van der Waals surface area contributed by atoms with Crippen LogP contribution in [0.2, 0.25) is 0 Å². The summed E-state index contributed by atoms with van der Waals surface area (Å²) in [5.41, 5.74) is -0.188. The number of carbonyl (C=O) groups excluding carboxylic acids is 1. The Kier molecular flexibility index (Phi) is 5.93. The second kappa shape index (κ2) is 7.93. The molecule has 0 saturated heterocycles. The quantitative estimate of drug-likeness (QED) is 0.752. The lowest BCUT2D eigenvalue weighted by atomic mass is 9.89. The second-order valence-corrected chi connectivity index (χ2v) is 5.63. The Bertz CT molecular complexity index is 683. The summed E-state index contributed by atoms with van der Waals surface area (Å²) in [7, 11) is 0. The SMILES string of the molecule is CCOc1ccc(C(=O)CC(C)(O)c2ccncc2)c(OCC)c1. The van der Waals surface area contributed by atoms with Crippen molar-refractivity contribution < 1.29 is 19.4 Å². The number of hydrogen-bond acceptors (Lipinski definition) is 5. The fourth-order valence-corrected chi connectivity index (χ4v) is 2.49. The number of rotatable bonds is 8. The number of ether oxygens (including phenoxy) is 2. The van der Waals surface area contributed by atoms with Crippen LogP contribution in [-0.2, 0) is 5.60 Å². The van der Waals surface area contributed by atoms with Crippen molar-refractivity contribution in [3.8, 4) is 11.5 Å². The van der Waals surface area contributed by atoms with Crippen LogP contribution in [0.4, 0.5) is 0 Å². The lowest BCUT2D eigenvalue weighted by Gasteiger charge is -2.23. The highest BCUT2D eigenvalue weighted by molar-refractivity contribution is 5.99. The van der Waals surface area contributed by atoms with Gasteiger partial charge in [-0.05, 0) is 50.6 Å². The van der Waals surface area contributed by atoms with Crippen LogP contribution in [0.1, 0.15) is 43.1 Å². The molecule has 1 N–H and O–H groups in total. The first kappa shape index (κ1) is 17.9. The van der Waals surface area contributed by atoms with Crippen LogP contribution in [0.5, 0.6) is 11.5 Å². The predicted octanol–water partition coefficient (Wildman–Crippen LogP) is 3.36. The van der Waals surface area contributed by atoms with Crippen LogP contribution in [0.3, 0.4) is 0 Å². The summed E-state index contributed by atoms with van der Waals surface area (Å²) in [5.74, 6) is 0.931. The lowest BCUT2D eigenvalue weighted by Crippen LogP contribution is -2.25. The van der Waals surface area contributed by atoms with E-state index in [1.807, 2.05) is 13.8 Å². The molecule has 2 rings (SSSR count). The molecule has 1 unspecified atom stereocenters. The zero-order valence-corrected chi connectivity index (χ0v) is 14.3. The maximum Gasteiger partial charge on any atom is 0.169 e. The van der Waals surface area contributed by atoms with E-state index in [1.54, 1.807) is 49.6 Å². The zero-order chi connectivity index (χ0) is 17.6. The van der Waals surface area contributed by atoms with Crippen LogP contribution >= 0.6 is 0 Å². The van der Waals surface area contributed by atoms with Crippen LogP contribution < -0.4 is 9.47 Å². The molecule has 1 aromatic heterocycles. The van der Waals surface area contributed by atoms with Crippen LogP contribution in [-0.4, -0.2) is 29.1 Å². The molecular weight excluding hydrogens is 306 g/mol. The van der Waals surface area contributed by atoms with Crippen molar-refractivity contribution in [2.75, 3.05) is 13.2 Å². The van der Waals surface area contributed by atoms with Gasteiger partial charge in [0.15, 0.2) is 5.78 Å². The highest BCUT2D eigenvalue weighted by Crippen LogP contribution is 2.31. The molecule has 0 amide bonds. The van der Waals surface area contributed by atoms with Crippen molar-refractivity contribution in [2.45, 2.75) is 32.8 Å². The summed E-state index contributed by atoms with van der Waals surface area (Å²) in [5, 5.41) is 10.7. The average molecular weight is 329 g/mol. The fourth-order valence-electron chi connectivity index (χ4n) is 2.49. The van der Waals surface area contributed by atoms with Crippen molar-refractivity contribution in [1.82, 2.24) is 4.98 Å². The maximum atomic E-state index is 12.7. The van der Waals surface area contributed by atoms with E-state index in [-0.39, 0.29) is 12.2 Å².